The predicted octanol–water partition coefficient (Wildman–Crippen LogP) is 4.01. The molecule has 7 nitrogen and oxygen atoms in total. The number of nitrogens with zero attached hydrogens (tertiary/aromatic N) is 3. The predicted molar refractivity (Wildman–Crippen MR) is 107 cm³/mol. The van der Waals surface area contributed by atoms with E-state index in [-0.39, 0.29) is 10.6 Å². The molecular weight excluding hydrogens is 400 g/mol. The van der Waals surface area contributed by atoms with Gasteiger partial charge in [-0.1, -0.05) is 17.7 Å². The van der Waals surface area contributed by atoms with Crippen LogP contribution in [0.3, 0.4) is 0 Å². The van der Waals surface area contributed by atoms with Gasteiger partial charge in [0.25, 0.3) is 5.91 Å². The third-order valence-corrected chi connectivity index (χ3v) is 5.64. The maximum absolute atomic E-state index is 11.7. The Hall–Kier alpha value is -2.97. The van der Waals surface area contributed by atoms with Crippen molar-refractivity contribution in [3.63, 3.8) is 0 Å². The van der Waals surface area contributed by atoms with Gasteiger partial charge in [-0.2, -0.15) is 0 Å². The quantitative estimate of drug-likeness (QED) is 0.529. The average molecular weight is 415 g/mol. The number of amides is 1. The first kappa shape index (κ1) is 18.4. The lowest BCUT2D eigenvalue weighted by molar-refractivity contribution is 0.1000. The van der Waals surface area contributed by atoms with Crippen molar-refractivity contribution >= 4 is 39.1 Å². The number of hydrogen-bond donors (Lipinski definition) is 1. The first-order chi connectivity index (χ1) is 13.5. The van der Waals surface area contributed by atoms with Crippen molar-refractivity contribution in [2.75, 3.05) is 7.11 Å². The second kappa shape index (κ2) is 7.21. The number of hydrogen-bond acceptors (Lipinski definition) is 7. The summed E-state index contributed by atoms with van der Waals surface area (Å²) >= 11 is 7.62. The maximum atomic E-state index is 11.7. The van der Waals surface area contributed by atoms with Crippen molar-refractivity contribution < 1.29 is 13.9 Å². The summed E-state index contributed by atoms with van der Waals surface area (Å²) < 4.78 is 12.2. The summed E-state index contributed by atoms with van der Waals surface area (Å²) in [5.74, 6) is 0.836. The summed E-state index contributed by atoms with van der Waals surface area (Å²) in [6, 6.07) is 9.10. The first-order valence-corrected chi connectivity index (χ1v) is 9.51. The van der Waals surface area contributed by atoms with Gasteiger partial charge >= 0.3 is 0 Å². The highest BCUT2D eigenvalue weighted by Crippen LogP contribution is 2.32. The van der Waals surface area contributed by atoms with Crippen LogP contribution < -0.4 is 10.5 Å². The highest BCUT2D eigenvalue weighted by molar-refractivity contribution is 7.18. The van der Waals surface area contributed by atoms with E-state index in [0.717, 1.165) is 21.0 Å². The minimum absolute atomic E-state index is 0.247. The van der Waals surface area contributed by atoms with Gasteiger partial charge in [-0.3, -0.25) is 4.79 Å². The molecule has 2 N–H and O–H groups in total. The number of thiazole rings is 1. The molecule has 0 spiro atoms. The van der Waals surface area contributed by atoms with Gasteiger partial charge in [0, 0.05) is 5.56 Å². The molecule has 0 aliphatic carbocycles. The van der Waals surface area contributed by atoms with Crippen LogP contribution in [0.1, 0.15) is 26.8 Å². The van der Waals surface area contributed by atoms with Crippen LogP contribution in [0.4, 0.5) is 0 Å². The molecule has 28 heavy (non-hydrogen) atoms. The number of benzene rings is 2. The van der Waals surface area contributed by atoms with Gasteiger partial charge < -0.3 is 14.9 Å². The number of nitrogens with two attached hydrogens (primary N) is 1. The van der Waals surface area contributed by atoms with Crippen molar-refractivity contribution in [1.82, 2.24) is 15.2 Å². The Kier molecular flexibility index (Phi) is 4.74. The fraction of sp³-hybridized carbons (Fsp3) is 0.158. The van der Waals surface area contributed by atoms with Crippen molar-refractivity contribution in [2.45, 2.75) is 13.3 Å². The molecule has 2 aromatic heterocycles. The molecule has 142 valence electrons. The SMILES string of the molecule is COc1cccc2sc(Cc3nnc(-c4ccc(Cl)c(C(N)=O)c4C)o3)nc12. The van der Waals surface area contributed by atoms with Crippen LogP contribution in [0.25, 0.3) is 21.7 Å². The molecule has 0 aliphatic rings. The molecule has 0 radical (unpaired) electrons. The van der Waals surface area contributed by atoms with Crippen LogP contribution in [-0.2, 0) is 6.42 Å². The minimum Gasteiger partial charge on any atom is -0.494 e. The smallest absolute Gasteiger partial charge is 0.250 e. The van der Waals surface area contributed by atoms with E-state index < -0.39 is 5.91 Å². The number of halogens is 1. The van der Waals surface area contributed by atoms with Gasteiger partial charge in [-0.25, -0.2) is 4.98 Å². The van der Waals surface area contributed by atoms with Crippen LogP contribution in [0.2, 0.25) is 5.02 Å². The zero-order valence-electron chi connectivity index (χ0n) is 15.0. The topological polar surface area (TPSA) is 104 Å². The molecule has 0 aliphatic heterocycles. The maximum Gasteiger partial charge on any atom is 0.250 e. The number of methoxy groups -OCH3 is 1. The minimum atomic E-state index is -0.604. The molecule has 0 saturated heterocycles. The molecular formula is C19H15ClN4O3S. The molecule has 4 rings (SSSR count). The Morgan fingerprint density at radius 2 is 2.11 bits per heavy atom. The zero-order chi connectivity index (χ0) is 19.8. The molecule has 4 aromatic rings. The molecule has 0 fully saturated rings. The highest BCUT2D eigenvalue weighted by atomic mass is 35.5. The largest absolute Gasteiger partial charge is 0.494 e. The summed E-state index contributed by atoms with van der Waals surface area (Å²) in [7, 11) is 1.62. The number of carbonyl (C=O) groups excluding carboxylic acids is 1. The van der Waals surface area contributed by atoms with Gasteiger partial charge in [0.05, 0.1) is 28.8 Å². The van der Waals surface area contributed by atoms with Crippen LogP contribution in [0.15, 0.2) is 34.7 Å². The number of primary amides is 1. The number of para-hydroxylation sites is 1. The van der Waals surface area contributed by atoms with Crippen LogP contribution in [-0.4, -0.2) is 28.2 Å². The Bertz CT molecular complexity index is 1200. The summed E-state index contributed by atoms with van der Waals surface area (Å²) in [4.78, 5) is 16.3. The van der Waals surface area contributed by atoms with Crippen LogP contribution >= 0.6 is 22.9 Å². The van der Waals surface area contributed by atoms with Gasteiger partial charge in [0.15, 0.2) is 0 Å². The zero-order valence-corrected chi connectivity index (χ0v) is 16.6. The Balaban J connectivity index is 1.66. The number of rotatable bonds is 5. The van der Waals surface area contributed by atoms with Crippen LogP contribution in [0, 0.1) is 6.92 Å². The lowest BCUT2D eigenvalue weighted by Crippen LogP contribution is -2.14. The summed E-state index contributed by atoms with van der Waals surface area (Å²) in [5.41, 5.74) is 7.69. The number of ether oxygens (including phenoxy) is 1. The first-order valence-electron chi connectivity index (χ1n) is 8.32. The lowest BCUT2D eigenvalue weighted by atomic mass is 10.0. The normalized spacial score (nSPS) is 11.1. The fourth-order valence-corrected chi connectivity index (χ4v) is 4.26. The van der Waals surface area contributed by atoms with Crippen molar-refractivity contribution in [1.29, 1.82) is 0 Å². The Morgan fingerprint density at radius 1 is 1.29 bits per heavy atom. The standard InChI is InChI=1S/C19H15ClN4O3S/c1-9-10(6-7-11(20)16(9)18(21)25)19-24-23-14(27-19)8-15-22-17-12(26-2)4-3-5-13(17)28-15/h3-7H,8H2,1-2H3,(H2,21,25). The van der Waals surface area contributed by atoms with Crippen molar-refractivity contribution in [3.8, 4) is 17.2 Å². The van der Waals surface area contributed by atoms with Crippen LogP contribution in [0.5, 0.6) is 5.75 Å². The summed E-state index contributed by atoms with van der Waals surface area (Å²) in [5, 5.41) is 9.33. The van der Waals surface area contributed by atoms with E-state index in [1.807, 2.05) is 18.2 Å². The second-order valence-electron chi connectivity index (χ2n) is 6.05. The van der Waals surface area contributed by atoms with E-state index in [4.69, 9.17) is 26.5 Å². The molecule has 0 bridgehead atoms. The van der Waals surface area contributed by atoms with E-state index >= 15 is 0 Å². The summed E-state index contributed by atoms with van der Waals surface area (Å²) in [6.07, 6.45) is 0.394. The lowest BCUT2D eigenvalue weighted by Gasteiger charge is -2.07. The number of aromatic nitrogens is 3. The molecule has 0 atom stereocenters. The van der Waals surface area contributed by atoms with Gasteiger partial charge in [0.1, 0.15) is 16.3 Å². The number of carbonyl (C=O) groups is 1. The monoisotopic (exact) mass is 414 g/mol. The van der Waals surface area contributed by atoms with Crippen molar-refractivity contribution in [3.05, 3.63) is 57.4 Å². The third kappa shape index (κ3) is 3.21. The molecule has 2 aromatic carbocycles. The second-order valence-corrected chi connectivity index (χ2v) is 7.57. The third-order valence-electron chi connectivity index (χ3n) is 4.31. The molecule has 0 unspecified atom stereocenters. The molecule has 0 saturated carbocycles. The van der Waals surface area contributed by atoms with E-state index in [1.54, 1.807) is 37.5 Å². The average Bonchev–Trinajstić information content (AvgIpc) is 3.28. The Labute approximate surface area is 169 Å². The van der Waals surface area contributed by atoms with E-state index in [1.165, 1.54) is 0 Å². The molecule has 9 heteroatoms. The van der Waals surface area contributed by atoms with Gasteiger partial charge in [-0.05, 0) is 36.8 Å². The molecule has 1 amide bonds. The van der Waals surface area contributed by atoms with E-state index in [9.17, 15) is 4.79 Å². The van der Waals surface area contributed by atoms with Gasteiger partial charge in [-0.15, -0.1) is 21.5 Å². The molecule has 2 heterocycles. The van der Waals surface area contributed by atoms with E-state index in [0.29, 0.717) is 29.3 Å². The highest BCUT2D eigenvalue weighted by Gasteiger charge is 2.19. The van der Waals surface area contributed by atoms with Crippen molar-refractivity contribution in [2.24, 2.45) is 5.73 Å². The Morgan fingerprint density at radius 3 is 2.86 bits per heavy atom. The number of fused-ring (bicyclic) bond motifs is 1. The van der Waals surface area contributed by atoms with E-state index in [2.05, 4.69) is 15.2 Å². The fourth-order valence-electron chi connectivity index (χ4n) is 2.99. The summed E-state index contributed by atoms with van der Waals surface area (Å²) in [6.45, 7) is 1.74. The van der Waals surface area contributed by atoms with Gasteiger partial charge in [0.2, 0.25) is 11.8 Å².